The maximum absolute atomic E-state index is 12.3. The van der Waals surface area contributed by atoms with Crippen LogP contribution in [0.3, 0.4) is 0 Å². The van der Waals surface area contributed by atoms with Crippen LogP contribution in [0.1, 0.15) is 40.2 Å². The Morgan fingerprint density at radius 2 is 1.67 bits per heavy atom. The molecular weight excluding hydrogens is 354 g/mol. The third kappa shape index (κ3) is 10.1. The molecule has 1 rings (SSSR count). The summed E-state index contributed by atoms with van der Waals surface area (Å²) in [6.45, 7) is 7.84. The fourth-order valence-electron chi connectivity index (χ4n) is 1.96. The number of ether oxygens (including phenoxy) is 4. The van der Waals surface area contributed by atoms with Crippen molar-refractivity contribution < 1.29 is 33.3 Å². The molecule has 0 spiro atoms. The highest BCUT2D eigenvalue weighted by Crippen LogP contribution is 2.09. The first-order valence-electron chi connectivity index (χ1n) is 8.60. The number of esters is 1. The van der Waals surface area contributed by atoms with Gasteiger partial charge in [-0.1, -0.05) is 30.3 Å². The van der Waals surface area contributed by atoms with Gasteiger partial charge in [0.25, 0.3) is 0 Å². The lowest BCUT2D eigenvalue weighted by atomic mass is 10.1. The quantitative estimate of drug-likeness (QED) is 0.440. The summed E-state index contributed by atoms with van der Waals surface area (Å²) in [6.07, 6.45) is -1.86. The molecule has 0 aromatic heterocycles. The summed E-state index contributed by atoms with van der Waals surface area (Å²) < 4.78 is 19.5. The van der Waals surface area contributed by atoms with Crippen molar-refractivity contribution in [3.8, 4) is 0 Å². The molecule has 150 valence electrons. The van der Waals surface area contributed by atoms with Crippen LogP contribution in [0.5, 0.6) is 0 Å². The standard InChI is InChI=1S/C19H27NO7/c1-13(2)26-18(23)25-12-24-16(21)15(11-14-9-7-6-8-10-14)20-17(22)27-19(3,4)5/h6-10,13,15H,11-12H2,1-5H3,(H,20,22). The molecule has 0 aliphatic rings. The van der Waals surface area contributed by atoms with Gasteiger partial charge in [-0.3, -0.25) is 0 Å². The molecule has 0 aliphatic carbocycles. The molecule has 8 heteroatoms. The fourth-order valence-corrected chi connectivity index (χ4v) is 1.96. The molecule has 0 radical (unpaired) electrons. The van der Waals surface area contributed by atoms with Gasteiger partial charge in [0, 0.05) is 6.42 Å². The smallest absolute Gasteiger partial charge is 0.444 e. The Balaban J connectivity index is 2.67. The topological polar surface area (TPSA) is 100 Å². The van der Waals surface area contributed by atoms with Crippen LogP contribution in [0.15, 0.2) is 30.3 Å². The minimum atomic E-state index is -1.01. The highest BCUT2D eigenvalue weighted by atomic mass is 16.8. The van der Waals surface area contributed by atoms with E-state index in [4.69, 9.17) is 14.2 Å². The van der Waals surface area contributed by atoms with Crippen LogP contribution >= 0.6 is 0 Å². The molecule has 0 saturated carbocycles. The van der Waals surface area contributed by atoms with Gasteiger partial charge in [-0.05, 0) is 40.2 Å². The summed E-state index contributed by atoms with van der Waals surface area (Å²) in [5.41, 5.74) is 0.102. The molecule has 0 aliphatic heterocycles. The number of rotatable bonds is 7. The lowest BCUT2D eigenvalue weighted by molar-refractivity contribution is -0.156. The van der Waals surface area contributed by atoms with E-state index < -0.39 is 36.7 Å². The van der Waals surface area contributed by atoms with Gasteiger partial charge in [-0.25, -0.2) is 14.4 Å². The molecule has 1 atom stereocenters. The lowest BCUT2D eigenvalue weighted by Crippen LogP contribution is -2.45. The van der Waals surface area contributed by atoms with E-state index in [1.807, 2.05) is 30.3 Å². The molecule has 1 aromatic rings. The molecule has 0 saturated heterocycles. The minimum absolute atomic E-state index is 0.190. The number of hydrogen-bond acceptors (Lipinski definition) is 7. The normalized spacial score (nSPS) is 12.1. The summed E-state index contributed by atoms with van der Waals surface area (Å²) >= 11 is 0. The van der Waals surface area contributed by atoms with Crippen molar-refractivity contribution in [2.75, 3.05) is 6.79 Å². The Labute approximate surface area is 159 Å². The van der Waals surface area contributed by atoms with E-state index in [0.717, 1.165) is 5.56 Å². The van der Waals surface area contributed by atoms with Gasteiger partial charge >= 0.3 is 18.2 Å². The van der Waals surface area contributed by atoms with E-state index in [-0.39, 0.29) is 12.5 Å². The van der Waals surface area contributed by atoms with E-state index in [1.54, 1.807) is 34.6 Å². The summed E-state index contributed by atoms with van der Waals surface area (Å²) in [5, 5.41) is 2.48. The minimum Gasteiger partial charge on any atom is -0.444 e. The zero-order valence-electron chi connectivity index (χ0n) is 16.3. The van der Waals surface area contributed by atoms with Crippen LogP contribution in [0.2, 0.25) is 0 Å². The van der Waals surface area contributed by atoms with Gasteiger partial charge in [0.1, 0.15) is 11.6 Å². The van der Waals surface area contributed by atoms with Crippen LogP contribution < -0.4 is 5.32 Å². The molecule has 0 bridgehead atoms. The maximum Gasteiger partial charge on any atom is 0.511 e. The molecule has 0 fully saturated rings. The third-order valence-electron chi connectivity index (χ3n) is 2.97. The Hall–Kier alpha value is -2.77. The molecule has 27 heavy (non-hydrogen) atoms. The van der Waals surface area contributed by atoms with Crippen molar-refractivity contribution in [3.05, 3.63) is 35.9 Å². The first kappa shape index (κ1) is 22.3. The summed E-state index contributed by atoms with van der Waals surface area (Å²) in [5.74, 6) is -0.762. The van der Waals surface area contributed by atoms with Crippen LogP contribution in [0.4, 0.5) is 9.59 Å². The predicted molar refractivity (Wildman–Crippen MR) is 97.0 cm³/mol. The summed E-state index contributed by atoms with van der Waals surface area (Å²) in [7, 11) is 0. The Morgan fingerprint density at radius 1 is 1.04 bits per heavy atom. The van der Waals surface area contributed by atoms with Crippen LogP contribution in [0, 0.1) is 0 Å². The largest absolute Gasteiger partial charge is 0.511 e. The van der Waals surface area contributed by atoms with Crippen molar-refractivity contribution in [3.63, 3.8) is 0 Å². The van der Waals surface area contributed by atoms with Crippen molar-refractivity contribution in [1.82, 2.24) is 5.32 Å². The number of benzene rings is 1. The van der Waals surface area contributed by atoms with Crippen LogP contribution in [-0.2, 0) is 30.2 Å². The Morgan fingerprint density at radius 3 is 2.22 bits per heavy atom. The second-order valence-corrected chi connectivity index (χ2v) is 7.03. The zero-order chi connectivity index (χ0) is 20.4. The van der Waals surface area contributed by atoms with Crippen molar-refractivity contribution in [1.29, 1.82) is 0 Å². The molecule has 8 nitrogen and oxygen atoms in total. The number of carbonyl (C=O) groups is 3. The Kier molecular flexibility index (Phi) is 8.58. The monoisotopic (exact) mass is 381 g/mol. The predicted octanol–water partition coefficient (Wildman–Crippen LogP) is 3.18. The van der Waals surface area contributed by atoms with E-state index in [1.165, 1.54) is 0 Å². The van der Waals surface area contributed by atoms with Gasteiger partial charge in [0.15, 0.2) is 0 Å². The lowest BCUT2D eigenvalue weighted by Gasteiger charge is -2.23. The maximum atomic E-state index is 12.3. The summed E-state index contributed by atoms with van der Waals surface area (Å²) in [6, 6.07) is 8.09. The first-order chi connectivity index (χ1) is 12.6. The SMILES string of the molecule is CC(C)OC(=O)OCOC(=O)C(Cc1ccccc1)NC(=O)OC(C)(C)C. The average Bonchev–Trinajstić information content (AvgIpc) is 2.52. The van der Waals surface area contributed by atoms with Gasteiger partial charge < -0.3 is 24.3 Å². The van der Waals surface area contributed by atoms with Crippen LogP contribution in [-0.4, -0.2) is 42.8 Å². The van der Waals surface area contributed by atoms with Gasteiger partial charge in [0.2, 0.25) is 6.79 Å². The number of carbonyl (C=O) groups excluding carboxylic acids is 3. The third-order valence-corrected chi connectivity index (χ3v) is 2.97. The molecule has 1 amide bonds. The number of alkyl carbamates (subject to hydrolysis) is 1. The second kappa shape index (κ2) is 10.4. The van der Waals surface area contributed by atoms with Crippen molar-refractivity contribution in [2.24, 2.45) is 0 Å². The van der Waals surface area contributed by atoms with Crippen LogP contribution in [0.25, 0.3) is 0 Å². The summed E-state index contributed by atoms with van der Waals surface area (Å²) in [4.78, 5) is 35.7. The molecule has 1 unspecified atom stereocenters. The number of hydrogen-bond donors (Lipinski definition) is 1. The molecule has 0 heterocycles. The van der Waals surface area contributed by atoms with E-state index in [2.05, 4.69) is 10.1 Å². The average molecular weight is 381 g/mol. The van der Waals surface area contributed by atoms with Gasteiger partial charge in [-0.15, -0.1) is 0 Å². The first-order valence-corrected chi connectivity index (χ1v) is 8.60. The number of nitrogens with one attached hydrogen (secondary N) is 1. The zero-order valence-corrected chi connectivity index (χ0v) is 16.3. The van der Waals surface area contributed by atoms with Gasteiger partial charge in [-0.2, -0.15) is 0 Å². The number of amides is 1. The highest BCUT2D eigenvalue weighted by molar-refractivity contribution is 5.81. The second-order valence-electron chi connectivity index (χ2n) is 7.03. The van der Waals surface area contributed by atoms with E-state index in [0.29, 0.717) is 0 Å². The van der Waals surface area contributed by atoms with Crippen molar-refractivity contribution >= 4 is 18.2 Å². The fraction of sp³-hybridized carbons (Fsp3) is 0.526. The molecule has 1 N–H and O–H groups in total. The highest BCUT2D eigenvalue weighted by Gasteiger charge is 2.26. The molecular formula is C19H27NO7. The van der Waals surface area contributed by atoms with Gasteiger partial charge in [0.05, 0.1) is 6.10 Å². The van der Waals surface area contributed by atoms with E-state index in [9.17, 15) is 14.4 Å². The van der Waals surface area contributed by atoms with Crippen molar-refractivity contribution in [2.45, 2.75) is 58.8 Å². The Bertz CT molecular complexity index is 623. The molecule has 1 aromatic carbocycles. The van der Waals surface area contributed by atoms with E-state index >= 15 is 0 Å².